The lowest BCUT2D eigenvalue weighted by Crippen LogP contribution is -2.55. The number of methoxy groups -OCH3 is 1. The molecule has 0 saturated carbocycles. The highest BCUT2D eigenvalue weighted by atomic mass is 16.5. The zero-order chi connectivity index (χ0) is 17.9. The third-order valence-electron chi connectivity index (χ3n) is 5.47. The summed E-state index contributed by atoms with van der Waals surface area (Å²) in [6.45, 7) is 3.58. The molecule has 2 aromatic rings. The molecular weight excluding hydrogens is 332 g/mol. The smallest absolute Gasteiger partial charge is 0.255 e. The van der Waals surface area contributed by atoms with Gasteiger partial charge in [0.25, 0.3) is 5.91 Å². The Balaban J connectivity index is 1.39. The highest BCUT2D eigenvalue weighted by molar-refractivity contribution is 6.04. The van der Waals surface area contributed by atoms with Crippen molar-refractivity contribution in [1.82, 2.24) is 10.2 Å². The summed E-state index contributed by atoms with van der Waals surface area (Å²) in [5.74, 6) is -0.106. The number of ether oxygens (including phenoxy) is 2. The number of hydrogen-bond acceptors (Lipinski definition) is 5. The van der Waals surface area contributed by atoms with E-state index >= 15 is 0 Å². The van der Waals surface area contributed by atoms with Gasteiger partial charge < -0.3 is 19.2 Å². The largest absolute Gasteiger partial charge is 0.464 e. The molecule has 0 spiro atoms. The minimum Gasteiger partial charge on any atom is -0.464 e. The Morgan fingerprint density at radius 1 is 1.35 bits per heavy atom. The van der Waals surface area contributed by atoms with E-state index in [1.54, 1.807) is 19.4 Å². The Hall–Kier alpha value is -1.89. The van der Waals surface area contributed by atoms with Crippen LogP contribution in [0.25, 0.3) is 11.0 Å². The first-order chi connectivity index (χ1) is 12.7. The summed E-state index contributed by atoms with van der Waals surface area (Å²) in [4.78, 5) is 15.2. The second-order valence-corrected chi connectivity index (χ2v) is 7.18. The molecule has 1 amide bonds. The first-order valence-corrected chi connectivity index (χ1v) is 9.38. The Labute approximate surface area is 153 Å². The number of carbonyl (C=O) groups excluding carboxylic acids is 1. The summed E-state index contributed by atoms with van der Waals surface area (Å²) in [6.07, 6.45) is 5.10. The fourth-order valence-corrected chi connectivity index (χ4v) is 4.04. The highest BCUT2D eigenvalue weighted by Crippen LogP contribution is 2.22. The van der Waals surface area contributed by atoms with Crippen LogP contribution in [0.4, 0.5) is 0 Å². The SMILES string of the molecule is COC1CN(CC2CCCO2)CCC1NC(=O)c1cccc2ccoc12. The van der Waals surface area contributed by atoms with E-state index in [-0.39, 0.29) is 18.1 Å². The number of hydrogen-bond donors (Lipinski definition) is 1. The normalized spacial score (nSPS) is 27.0. The number of benzene rings is 1. The van der Waals surface area contributed by atoms with E-state index in [1.165, 1.54) is 0 Å². The van der Waals surface area contributed by atoms with Crippen molar-refractivity contribution in [1.29, 1.82) is 0 Å². The van der Waals surface area contributed by atoms with E-state index in [4.69, 9.17) is 13.9 Å². The van der Waals surface area contributed by atoms with Gasteiger partial charge in [-0.3, -0.25) is 9.69 Å². The zero-order valence-corrected chi connectivity index (χ0v) is 15.1. The highest BCUT2D eigenvalue weighted by Gasteiger charge is 2.32. The quantitative estimate of drug-likeness (QED) is 0.889. The molecule has 2 fully saturated rings. The van der Waals surface area contributed by atoms with Crippen molar-refractivity contribution < 1.29 is 18.7 Å². The molecule has 3 unspecified atom stereocenters. The van der Waals surface area contributed by atoms with Crippen molar-refractivity contribution in [3.05, 3.63) is 36.1 Å². The second kappa shape index (κ2) is 7.78. The standard InChI is InChI=1S/C20H26N2O4/c1-24-18-13-22(12-15-5-3-10-25-15)9-7-17(18)21-20(23)16-6-2-4-14-8-11-26-19(14)16/h2,4,6,8,11,15,17-18H,3,5,7,9-10,12-13H2,1H3,(H,21,23). The molecule has 2 aliphatic heterocycles. The summed E-state index contributed by atoms with van der Waals surface area (Å²) in [6, 6.07) is 7.49. The van der Waals surface area contributed by atoms with Crippen LogP contribution in [0.5, 0.6) is 0 Å². The first-order valence-electron chi connectivity index (χ1n) is 9.38. The lowest BCUT2D eigenvalue weighted by Gasteiger charge is -2.38. The van der Waals surface area contributed by atoms with Gasteiger partial charge in [0.05, 0.1) is 30.1 Å². The number of carbonyl (C=O) groups is 1. The number of piperidine rings is 1. The van der Waals surface area contributed by atoms with Crippen LogP contribution in [0.2, 0.25) is 0 Å². The van der Waals surface area contributed by atoms with Gasteiger partial charge in [0.15, 0.2) is 0 Å². The molecule has 0 bridgehead atoms. The average Bonchev–Trinajstić information content (AvgIpc) is 3.34. The van der Waals surface area contributed by atoms with Gasteiger partial charge in [0.1, 0.15) is 5.58 Å². The molecule has 0 aliphatic carbocycles. The van der Waals surface area contributed by atoms with Gasteiger partial charge in [0.2, 0.25) is 0 Å². The molecule has 6 heteroatoms. The Morgan fingerprint density at radius 2 is 2.27 bits per heavy atom. The van der Waals surface area contributed by atoms with E-state index < -0.39 is 0 Å². The minimum absolute atomic E-state index is 0.00142. The van der Waals surface area contributed by atoms with Gasteiger partial charge >= 0.3 is 0 Å². The number of amides is 1. The first kappa shape index (κ1) is 17.5. The predicted molar refractivity (Wildman–Crippen MR) is 98.3 cm³/mol. The summed E-state index contributed by atoms with van der Waals surface area (Å²) >= 11 is 0. The number of likely N-dealkylation sites (tertiary alicyclic amines) is 1. The van der Waals surface area contributed by atoms with Crippen LogP contribution in [0.1, 0.15) is 29.6 Å². The van der Waals surface area contributed by atoms with Gasteiger partial charge in [-0.05, 0) is 31.4 Å². The fourth-order valence-electron chi connectivity index (χ4n) is 4.04. The molecule has 2 saturated heterocycles. The van der Waals surface area contributed by atoms with Gasteiger partial charge in [-0.1, -0.05) is 12.1 Å². The topological polar surface area (TPSA) is 63.9 Å². The predicted octanol–water partition coefficient (Wildman–Crippen LogP) is 2.43. The molecule has 3 heterocycles. The molecule has 140 valence electrons. The zero-order valence-electron chi connectivity index (χ0n) is 15.1. The van der Waals surface area contributed by atoms with E-state index in [2.05, 4.69) is 10.2 Å². The van der Waals surface area contributed by atoms with Crippen LogP contribution in [0.15, 0.2) is 34.9 Å². The number of para-hydroxylation sites is 1. The molecule has 3 atom stereocenters. The van der Waals surface area contributed by atoms with E-state index in [0.29, 0.717) is 17.3 Å². The van der Waals surface area contributed by atoms with E-state index in [1.807, 2.05) is 18.2 Å². The number of nitrogens with zero attached hydrogens (tertiary/aromatic N) is 1. The molecule has 26 heavy (non-hydrogen) atoms. The van der Waals surface area contributed by atoms with Crippen molar-refractivity contribution in [2.24, 2.45) is 0 Å². The summed E-state index contributed by atoms with van der Waals surface area (Å²) in [5, 5.41) is 4.09. The van der Waals surface area contributed by atoms with Crippen molar-refractivity contribution in [3.63, 3.8) is 0 Å². The van der Waals surface area contributed by atoms with Gasteiger partial charge in [-0.2, -0.15) is 0 Å². The monoisotopic (exact) mass is 358 g/mol. The number of furan rings is 1. The summed E-state index contributed by atoms with van der Waals surface area (Å²) in [5.41, 5.74) is 1.21. The van der Waals surface area contributed by atoms with E-state index in [9.17, 15) is 4.79 Å². The number of nitrogens with one attached hydrogen (secondary N) is 1. The molecule has 1 aromatic carbocycles. The van der Waals surface area contributed by atoms with Crippen molar-refractivity contribution in [2.75, 3.05) is 33.4 Å². The number of rotatable bonds is 5. The third-order valence-corrected chi connectivity index (χ3v) is 5.47. The molecule has 2 aliphatic rings. The molecule has 6 nitrogen and oxygen atoms in total. The fraction of sp³-hybridized carbons (Fsp3) is 0.550. The van der Waals surface area contributed by atoms with Crippen LogP contribution in [0.3, 0.4) is 0 Å². The lowest BCUT2D eigenvalue weighted by molar-refractivity contribution is -0.0112. The summed E-state index contributed by atoms with van der Waals surface area (Å²) < 4.78 is 16.9. The molecule has 1 aromatic heterocycles. The van der Waals surface area contributed by atoms with Crippen LogP contribution >= 0.6 is 0 Å². The number of fused-ring (bicyclic) bond motifs is 1. The van der Waals surface area contributed by atoms with Crippen LogP contribution in [0, 0.1) is 0 Å². The maximum atomic E-state index is 12.8. The Kier molecular flexibility index (Phi) is 5.24. The molecule has 0 radical (unpaired) electrons. The van der Waals surface area contributed by atoms with Crippen LogP contribution < -0.4 is 5.32 Å². The lowest BCUT2D eigenvalue weighted by atomic mass is 10.00. The van der Waals surface area contributed by atoms with E-state index in [0.717, 1.165) is 50.9 Å². The maximum absolute atomic E-state index is 12.8. The van der Waals surface area contributed by atoms with Gasteiger partial charge in [-0.25, -0.2) is 0 Å². The van der Waals surface area contributed by atoms with Crippen LogP contribution in [-0.2, 0) is 9.47 Å². The Bertz CT molecular complexity index is 753. The second-order valence-electron chi connectivity index (χ2n) is 7.18. The third kappa shape index (κ3) is 3.63. The van der Waals surface area contributed by atoms with Crippen molar-refractivity contribution in [2.45, 2.75) is 37.5 Å². The minimum atomic E-state index is -0.106. The Morgan fingerprint density at radius 3 is 3.08 bits per heavy atom. The molecular formula is C20H26N2O4. The molecule has 1 N–H and O–H groups in total. The van der Waals surface area contributed by atoms with Crippen LogP contribution in [-0.4, -0.2) is 62.4 Å². The maximum Gasteiger partial charge on any atom is 0.255 e. The van der Waals surface area contributed by atoms with Crippen molar-refractivity contribution >= 4 is 16.9 Å². The van der Waals surface area contributed by atoms with Gasteiger partial charge in [-0.15, -0.1) is 0 Å². The van der Waals surface area contributed by atoms with Gasteiger partial charge in [0, 0.05) is 38.7 Å². The van der Waals surface area contributed by atoms with Crippen molar-refractivity contribution in [3.8, 4) is 0 Å². The average molecular weight is 358 g/mol. The summed E-state index contributed by atoms with van der Waals surface area (Å²) in [7, 11) is 1.71. The molecule has 4 rings (SSSR count).